The summed E-state index contributed by atoms with van der Waals surface area (Å²) in [6.45, 7) is 2.09. The Morgan fingerprint density at radius 2 is 2.05 bits per heavy atom. The lowest BCUT2D eigenvalue weighted by atomic mass is 9.90. The highest BCUT2D eigenvalue weighted by atomic mass is 35.5. The molecule has 0 spiro atoms. The molecule has 108 valence electrons. The van der Waals surface area contributed by atoms with Crippen LogP contribution in [0.15, 0.2) is 22.3 Å². The molecule has 0 saturated carbocycles. The fourth-order valence-electron chi connectivity index (χ4n) is 2.29. The first-order chi connectivity index (χ1) is 9.62. The number of amidine groups is 1. The van der Waals surface area contributed by atoms with Gasteiger partial charge in [-0.25, -0.2) is 0 Å². The van der Waals surface area contributed by atoms with E-state index in [-0.39, 0.29) is 5.92 Å². The van der Waals surface area contributed by atoms with Crippen molar-refractivity contribution < 1.29 is 9.47 Å². The Balaban J connectivity index is 2.52. The molecule has 0 saturated heterocycles. The Hall–Kier alpha value is -1.75. The molecule has 1 heterocycles. The van der Waals surface area contributed by atoms with Gasteiger partial charge in [-0.3, -0.25) is 0 Å². The number of nitrogens with two attached hydrogens (primary N) is 1. The summed E-state index contributed by atoms with van der Waals surface area (Å²) in [6, 6.07) is 3.69. The lowest BCUT2D eigenvalue weighted by Crippen LogP contribution is -2.27. The number of methoxy groups -OCH3 is 2. The first-order valence-corrected chi connectivity index (χ1v) is 6.80. The van der Waals surface area contributed by atoms with Crippen LogP contribution in [-0.2, 0) is 0 Å². The Labute approximate surface area is 123 Å². The first kappa shape index (κ1) is 14.7. The van der Waals surface area contributed by atoms with Crippen molar-refractivity contribution in [3.05, 3.63) is 22.7 Å². The summed E-state index contributed by atoms with van der Waals surface area (Å²) in [5, 5.41) is 8.69. The molecule has 20 heavy (non-hydrogen) atoms. The van der Waals surface area contributed by atoms with Crippen molar-refractivity contribution in [3.8, 4) is 11.5 Å². The molecule has 2 rings (SSSR count). The fraction of sp³-hybridized carbons (Fsp3) is 0.429. The predicted molar refractivity (Wildman–Crippen MR) is 81.1 cm³/mol. The maximum absolute atomic E-state index is 6.42. The number of rotatable bonds is 4. The minimum atomic E-state index is 0.211. The molecule has 1 aromatic rings. The van der Waals surface area contributed by atoms with E-state index in [1.54, 1.807) is 14.2 Å². The lowest BCUT2D eigenvalue weighted by molar-refractivity contribution is 0.355. The SMILES string of the molecule is CCC1CC(N)=NN=C1c1ccc(OC)c(OC)c1Cl. The predicted octanol–water partition coefficient (Wildman–Crippen LogP) is 2.85. The molecule has 0 fully saturated rings. The number of benzene rings is 1. The van der Waals surface area contributed by atoms with Crippen molar-refractivity contribution >= 4 is 23.1 Å². The van der Waals surface area contributed by atoms with Crippen LogP contribution in [0.2, 0.25) is 5.02 Å². The molecule has 0 bridgehead atoms. The van der Waals surface area contributed by atoms with Gasteiger partial charge in [0.25, 0.3) is 0 Å². The van der Waals surface area contributed by atoms with Crippen molar-refractivity contribution in [1.29, 1.82) is 0 Å². The smallest absolute Gasteiger partial charge is 0.180 e. The van der Waals surface area contributed by atoms with Crippen LogP contribution in [0.1, 0.15) is 25.3 Å². The quantitative estimate of drug-likeness (QED) is 0.928. The van der Waals surface area contributed by atoms with Crippen LogP contribution >= 0.6 is 11.6 Å². The van der Waals surface area contributed by atoms with Crippen molar-refractivity contribution in [2.24, 2.45) is 21.9 Å². The minimum Gasteiger partial charge on any atom is -0.493 e. The van der Waals surface area contributed by atoms with Gasteiger partial charge in [-0.05, 0) is 18.6 Å². The minimum absolute atomic E-state index is 0.211. The molecular weight excluding hydrogens is 278 g/mol. The summed E-state index contributed by atoms with van der Waals surface area (Å²) >= 11 is 6.42. The van der Waals surface area contributed by atoms with Crippen LogP contribution in [0, 0.1) is 5.92 Å². The zero-order valence-corrected chi connectivity index (χ0v) is 12.6. The second kappa shape index (κ2) is 6.13. The van der Waals surface area contributed by atoms with E-state index in [9.17, 15) is 0 Å². The molecule has 0 aliphatic carbocycles. The molecule has 0 radical (unpaired) electrons. The number of halogens is 1. The number of hydrogen-bond acceptors (Lipinski definition) is 5. The first-order valence-electron chi connectivity index (χ1n) is 6.43. The van der Waals surface area contributed by atoms with Crippen molar-refractivity contribution in [3.63, 3.8) is 0 Å². The van der Waals surface area contributed by atoms with Crippen LogP contribution in [-0.4, -0.2) is 25.8 Å². The van der Waals surface area contributed by atoms with Crippen LogP contribution < -0.4 is 15.2 Å². The average molecular weight is 296 g/mol. The van der Waals surface area contributed by atoms with Gasteiger partial charge in [0, 0.05) is 17.9 Å². The van der Waals surface area contributed by atoms with Crippen molar-refractivity contribution in [1.82, 2.24) is 0 Å². The van der Waals surface area contributed by atoms with Gasteiger partial charge in [-0.15, -0.1) is 5.10 Å². The van der Waals surface area contributed by atoms with Gasteiger partial charge in [0.15, 0.2) is 11.5 Å². The number of nitrogens with zero attached hydrogens (tertiary/aromatic N) is 2. The van der Waals surface area contributed by atoms with Crippen LogP contribution in [0.5, 0.6) is 11.5 Å². The highest BCUT2D eigenvalue weighted by Gasteiger charge is 2.25. The highest BCUT2D eigenvalue weighted by molar-refractivity contribution is 6.36. The topological polar surface area (TPSA) is 69.2 Å². The molecule has 0 aromatic heterocycles. The summed E-state index contributed by atoms with van der Waals surface area (Å²) in [5.74, 6) is 1.86. The monoisotopic (exact) mass is 295 g/mol. The van der Waals surface area contributed by atoms with Gasteiger partial charge in [0.1, 0.15) is 5.84 Å². The fourth-order valence-corrected chi connectivity index (χ4v) is 2.62. The van der Waals surface area contributed by atoms with Gasteiger partial charge >= 0.3 is 0 Å². The van der Waals surface area contributed by atoms with E-state index in [0.717, 1.165) is 17.7 Å². The average Bonchev–Trinajstić information content (AvgIpc) is 2.47. The van der Waals surface area contributed by atoms with E-state index >= 15 is 0 Å². The third-order valence-electron chi connectivity index (χ3n) is 3.38. The summed E-state index contributed by atoms with van der Waals surface area (Å²) in [5.41, 5.74) is 7.40. The standard InChI is InChI=1S/C14H18ClN3O2/c1-4-8-7-11(16)17-18-13(8)9-5-6-10(19-2)14(20-3)12(9)15/h5-6,8H,4,7H2,1-3H3,(H2,16,17). The molecule has 1 aromatic carbocycles. The summed E-state index contributed by atoms with van der Waals surface area (Å²) in [7, 11) is 3.13. The normalized spacial score (nSPS) is 18.3. The molecule has 1 aliphatic heterocycles. The molecule has 1 aliphatic rings. The van der Waals surface area contributed by atoms with Crippen LogP contribution in [0.3, 0.4) is 0 Å². The Morgan fingerprint density at radius 3 is 2.65 bits per heavy atom. The van der Waals surface area contributed by atoms with E-state index in [4.69, 9.17) is 26.8 Å². The molecule has 6 heteroatoms. The van der Waals surface area contributed by atoms with E-state index in [1.165, 1.54) is 0 Å². The van der Waals surface area contributed by atoms with Gasteiger partial charge in [-0.1, -0.05) is 18.5 Å². The maximum atomic E-state index is 6.42. The molecule has 1 unspecified atom stereocenters. The zero-order valence-electron chi connectivity index (χ0n) is 11.8. The zero-order chi connectivity index (χ0) is 14.7. The van der Waals surface area contributed by atoms with Gasteiger partial charge in [-0.2, -0.15) is 5.10 Å². The van der Waals surface area contributed by atoms with Crippen LogP contribution in [0.25, 0.3) is 0 Å². The van der Waals surface area contributed by atoms with E-state index < -0.39 is 0 Å². The van der Waals surface area contributed by atoms with Gasteiger partial charge < -0.3 is 15.2 Å². The molecule has 0 amide bonds. The molecule has 2 N–H and O–H groups in total. The third kappa shape index (κ3) is 2.58. The number of ether oxygens (including phenoxy) is 2. The van der Waals surface area contributed by atoms with Gasteiger partial charge in [0.05, 0.1) is 25.0 Å². The summed E-state index contributed by atoms with van der Waals surface area (Å²) in [6.07, 6.45) is 1.61. The molecule has 1 atom stereocenters. The summed E-state index contributed by atoms with van der Waals surface area (Å²) in [4.78, 5) is 0. The van der Waals surface area contributed by atoms with Crippen molar-refractivity contribution in [2.45, 2.75) is 19.8 Å². The lowest BCUT2D eigenvalue weighted by Gasteiger charge is -2.22. The maximum Gasteiger partial charge on any atom is 0.180 e. The number of hydrogen-bond donors (Lipinski definition) is 1. The molecule has 5 nitrogen and oxygen atoms in total. The second-order valence-electron chi connectivity index (χ2n) is 4.55. The van der Waals surface area contributed by atoms with E-state index in [1.807, 2.05) is 12.1 Å². The molecular formula is C14H18ClN3O2. The van der Waals surface area contributed by atoms with Gasteiger partial charge in [0.2, 0.25) is 0 Å². The Kier molecular flexibility index (Phi) is 4.49. The third-order valence-corrected chi connectivity index (χ3v) is 3.76. The van der Waals surface area contributed by atoms with Crippen molar-refractivity contribution in [2.75, 3.05) is 14.2 Å². The largest absolute Gasteiger partial charge is 0.493 e. The van der Waals surface area contributed by atoms with E-state index in [0.29, 0.717) is 28.8 Å². The highest BCUT2D eigenvalue weighted by Crippen LogP contribution is 2.39. The summed E-state index contributed by atoms with van der Waals surface area (Å²) < 4.78 is 10.5. The second-order valence-corrected chi connectivity index (χ2v) is 4.93. The van der Waals surface area contributed by atoms with Crippen LogP contribution in [0.4, 0.5) is 0 Å². The Bertz CT molecular complexity index is 570. The van der Waals surface area contributed by atoms with E-state index in [2.05, 4.69) is 17.1 Å². The Morgan fingerprint density at radius 1 is 1.30 bits per heavy atom.